The highest BCUT2D eigenvalue weighted by Crippen LogP contribution is 2.62. The van der Waals surface area contributed by atoms with Gasteiger partial charge in [-0.25, -0.2) is 0 Å². The summed E-state index contributed by atoms with van der Waals surface area (Å²) in [6, 6.07) is 42.9. The van der Waals surface area contributed by atoms with Crippen LogP contribution in [0.1, 0.15) is 41.5 Å². The van der Waals surface area contributed by atoms with Crippen molar-refractivity contribution in [3.05, 3.63) is 133 Å². The van der Waals surface area contributed by atoms with E-state index in [1.807, 2.05) is 163 Å². The molecule has 0 bridgehead atoms. The third kappa shape index (κ3) is 5.59. The molecule has 6 rings (SSSR count). The molecule has 0 unspecified atom stereocenters. The second-order valence-corrected chi connectivity index (χ2v) is 19.9. The van der Waals surface area contributed by atoms with Gasteiger partial charge in [-0.2, -0.15) is 0 Å². The van der Waals surface area contributed by atoms with E-state index < -0.39 is 25.0 Å². The van der Waals surface area contributed by atoms with Crippen LogP contribution in [0.3, 0.4) is 0 Å². The standard InChI is InChI=1S/C40H40O4P2/c1-39(2,3)45(41,31-19-9-7-10-20-31)43-35-27-25-29-17-13-15-23-33(29)37(35)38-34-24-16-14-18-30(34)26-28-36(38)44-46(42,40(4,5)6)32-21-11-8-12-22-32/h7-28H,1-6H3/t45-,46-/m0/s1. The zero-order chi connectivity index (χ0) is 32.7. The van der Waals surface area contributed by atoms with Gasteiger partial charge in [0.15, 0.2) is 0 Å². The average molecular weight is 647 g/mol. The molecule has 0 saturated carbocycles. The fraction of sp³-hybridized carbons (Fsp3) is 0.200. The topological polar surface area (TPSA) is 52.6 Å². The van der Waals surface area contributed by atoms with Gasteiger partial charge in [-0.05, 0) is 99.5 Å². The average Bonchev–Trinajstić information content (AvgIpc) is 3.04. The maximum absolute atomic E-state index is 15.1. The van der Waals surface area contributed by atoms with Crippen LogP contribution in [0, 0.1) is 0 Å². The molecular weight excluding hydrogens is 606 g/mol. The first-order chi connectivity index (χ1) is 21.8. The van der Waals surface area contributed by atoms with Crippen LogP contribution in [0.15, 0.2) is 133 Å². The lowest BCUT2D eigenvalue weighted by molar-refractivity contribution is 0.459. The van der Waals surface area contributed by atoms with E-state index >= 15 is 9.13 Å². The molecular formula is C40H40O4P2. The summed E-state index contributed by atoms with van der Waals surface area (Å²) in [5, 5.41) is 3.72. The van der Waals surface area contributed by atoms with Gasteiger partial charge in [-0.1, -0.05) is 97.1 Å². The Kier molecular flexibility index (Phi) is 8.26. The van der Waals surface area contributed by atoms with Crippen LogP contribution in [0.25, 0.3) is 32.7 Å². The summed E-state index contributed by atoms with van der Waals surface area (Å²) in [6.45, 7) is 11.7. The first-order valence-electron chi connectivity index (χ1n) is 15.6. The van der Waals surface area contributed by atoms with Crippen molar-refractivity contribution in [2.45, 2.75) is 51.9 Å². The summed E-state index contributed by atoms with van der Waals surface area (Å²) < 4.78 is 44.0. The predicted molar refractivity (Wildman–Crippen MR) is 195 cm³/mol. The molecule has 6 aromatic rings. The molecule has 0 heterocycles. The predicted octanol–water partition coefficient (Wildman–Crippen LogP) is 11.2. The van der Waals surface area contributed by atoms with Gasteiger partial charge in [0.2, 0.25) is 0 Å². The van der Waals surface area contributed by atoms with E-state index in [0.29, 0.717) is 22.1 Å². The zero-order valence-electron chi connectivity index (χ0n) is 27.2. The molecule has 0 aliphatic carbocycles. The van der Waals surface area contributed by atoms with Crippen molar-refractivity contribution in [3.8, 4) is 22.6 Å². The minimum Gasteiger partial charge on any atom is -0.439 e. The van der Waals surface area contributed by atoms with Crippen LogP contribution in [-0.4, -0.2) is 10.3 Å². The summed E-state index contributed by atoms with van der Waals surface area (Å²) in [7, 11) is -6.98. The number of hydrogen-bond donors (Lipinski definition) is 0. The highest BCUT2D eigenvalue weighted by atomic mass is 31.2. The van der Waals surface area contributed by atoms with E-state index in [1.165, 1.54) is 0 Å². The van der Waals surface area contributed by atoms with Crippen LogP contribution < -0.4 is 19.7 Å². The van der Waals surface area contributed by atoms with Crippen molar-refractivity contribution in [2.75, 3.05) is 0 Å². The summed E-state index contributed by atoms with van der Waals surface area (Å²) >= 11 is 0. The summed E-state index contributed by atoms with van der Waals surface area (Å²) in [5.41, 5.74) is 1.50. The van der Waals surface area contributed by atoms with E-state index in [-0.39, 0.29) is 0 Å². The van der Waals surface area contributed by atoms with Crippen molar-refractivity contribution in [3.63, 3.8) is 0 Å². The fourth-order valence-corrected chi connectivity index (χ4v) is 10.1. The van der Waals surface area contributed by atoms with Gasteiger partial charge in [-0.15, -0.1) is 0 Å². The first-order valence-corrected chi connectivity index (χ1v) is 18.8. The number of benzene rings is 6. The van der Waals surface area contributed by atoms with Crippen molar-refractivity contribution < 1.29 is 18.2 Å². The smallest absolute Gasteiger partial charge is 0.282 e. The van der Waals surface area contributed by atoms with Gasteiger partial charge >= 0.3 is 0 Å². The molecule has 46 heavy (non-hydrogen) atoms. The van der Waals surface area contributed by atoms with Gasteiger partial charge in [0.25, 0.3) is 14.7 Å². The van der Waals surface area contributed by atoms with E-state index in [2.05, 4.69) is 12.1 Å². The van der Waals surface area contributed by atoms with E-state index in [4.69, 9.17) is 9.05 Å². The molecule has 0 radical (unpaired) electrons. The Labute approximate surface area is 272 Å². The zero-order valence-corrected chi connectivity index (χ0v) is 29.0. The Bertz CT molecular complexity index is 1970. The lowest BCUT2D eigenvalue weighted by atomic mass is 9.92. The largest absolute Gasteiger partial charge is 0.439 e. The van der Waals surface area contributed by atoms with Crippen molar-refractivity contribution in [1.82, 2.24) is 0 Å². The molecule has 0 aromatic heterocycles. The van der Waals surface area contributed by atoms with Crippen LogP contribution in [0.2, 0.25) is 0 Å². The lowest BCUT2D eigenvalue weighted by Gasteiger charge is -2.34. The molecule has 0 amide bonds. The normalized spacial score (nSPS) is 14.8. The Hall–Kier alpha value is -4.10. The molecule has 0 saturated heterocycles. The van der Waals surface area contributed by atoms with E-state index in [1.54, 1.807) is 0 Å². The third-order valence-electron chi connectivity index (χ3n) is 8.44. The second kappa shape index (κ2) is 11.9. The molecule has 0 N–H and O–H groups in total. The highest BCUT2D eigenvalue weighted by Gasteiger charge is 2.43. The lowest BCUT2D eigenvalue weighted by Crippen LogP contribution is -2.27. The fourth-order valence-electron chi connectivity index (χ4n) is 5.85. The molecule has 234 valence electrons. The van der Waals surface area contributed by atoms with Crippen molar-refractivity contribution >= 4 is 46.9 Å². The van der Waals surface area contributed by atoms with Crippen LogP contribution in [0.5, 0.6) is 11.5 Å². The molecule has 6 aromatic carbocycles. The molecule has 2 atom stereocenters. The van der Waals surface area contributed by atoms with Crippen LogP contribution in [0.4, 0.5) is 0 Å². The summed E-state index contributed by atoms with van der Waals surface area (Å²) in [6.07, 6.45) is 0. The minimum absolute atomic E-state index is 0.479. The van der Waals surface area contributed by atoms with E-state index in [9.17, 15) is 0 Å². The van der Waals surface area contributed by atoms with Crippen molar-refractivity contribution in [1.29, 1.82) is 0 Å². The Morgan fingerprint density at radius 1 is 0.413 bits per heavy atom. The number of rotatable bonds is 7. The molecule has 4 nitrogen and oxygen atoms in total. The van der Waals surface area contributed by atoms with Crippen LogP contribution in [-0.2, 0) is 9.13 Å². The molecule has 0 aliphatic heterocycles. The third-order valence-corrected chi connectivity index (χ3v) is 14.8. The maximum atomic E-state index is 15.1. The molecule has 6 heteroatoms. The second-order valence-electron chi connectivity index (χ2n) is 13.6. The first kappa shape index (κ1) is 31.9. The van der Waals surface area contributed by atoms with Gasteiger partial charge in [0.05, 0.1) is 10.3 Å². The molecule has 0 fully saturated rings. The molecule has 0 spiro atoms. The summed E-state index contributed by atoms with van der Waals surface area (Å²) in [4.78, 5) is 0. The van der Waals surface area contributed by atoms with Gasteiger partial charge in [-0.3, -0.25) is 9.13 Å². The molecule has 0 aliphatic rings. The quantitative estimate of drug-likeness (QED) is 0.162. The van der Waals surface area contributed by atoms with Gasteiger partial charge < -0.3 is 9.05 Å². The van der Waals surface area contributed by atoms with Gasteiger partial charge in [0.1, 0.15) is 11.5 Å². The number of fused-ring (bicyclic) bond motifs is 2. The maximum Gasteiger partial charge on any atom is 0.282 e. The number of hydrogen-bond acceptors (Lipinski definition) is 4. The SMILES string of the molecule is CC(C)(C)[P@@](=O)(Oc1ccc2ccccc2c1-c1c(O[P@@](=O)(c2ccccc2)C(C)(C)C)ccc2ccccc12)c1ccccc1. The Morgan fingerprint density at radius 3 is 1.09 bits per heavy atom. The Morgan fingerprint density at radius 2 is 0.739 bits per heavy atom. The van der Waals surface area contributed by atoms with Gasteiger partial charge in [0, 0.05) is 21.7 Å². The van der Waals surface area contributed by atoms with Crippen LogP contribution >= 0.6 is 14.7 Å². The highest BCUT2D eigenvalue weighted by molar-refractivity contribution is 7.69. The van der Waals surface area contributed by atoms with Crippen molar-refractivity contribution in [2.24, 2.45) is 0 Å². The van der Waals surface area contributed by atoms with E-state index in [0.717, 1.165) is 32.7 Å². The minimum atomic E-state index is -3.49. The summed E-state index contributed by atoms with van der Waals surface area (Å²) in [5.74, 6) is 0.958. The Balaban J connectivity index is 1.68. The monoisotopic (exact) mass is 646 g/mol.